The van der Waals surface area contributed by atoms with Gasteiger partial charge in [-0.1, -0.05) is 30.3 Å². The summed E-state index contributed by atoms with van der Waals surface area (Å²) in [5, 5.41) is 5.79. The lowest BCUT2D eigenvalue weighted by molar-refractivity contribution is 0.122. The molecule has 1 saturated heterocycles. The molecule has 0 aliphatic carbocycles. The number of aryl methyl sites for hydroxylation is 1. The molecule has 0 aromatic heterocycles. The van der Waals surface area contributed by atoms with Crippen LogP contribution in [0.3, 0.4) is 0 Å². The highest BCUT2D eigenvalue weighted by Crippen LogP contribution is 2.23. The van der Waals surface area contributed by atoms with E-state index in [1.54, 1.807) is 0 Å². The van der Waals surface area contributed by atoms with Crippen molar-refractivity contribution in [2.75, 3.05) is 36.5 Å². The highest BCUT2D eigenvalue weighted by atomic mass is 16.5. The molecule has 3 rings (SSSR count). The minimum absolute atomic E-state index is 0.193. The summed E-state index contributed by atoms with van der Waals surface area (Å²) in [6.07, 6.45) is 0. The number of hydrogen-bond donors (Lipinski definition) is 2. The number of urea groups is 1. The number of carbonyl (C=O) groups is 1. The van der Waals surface area contributed by atoms with Gasteiger partial charge in [-0.2, -0.15) is 0 Å². The SMILES string of the molecule is Cc1cc(N2CCOCC2)ccc1NC(=O)NCc1ccccc1. The van der Waals surface area contributed by atoms with Crippen molar-refractivity contribution in [3.63, 3.8) is 0 Å². The summed E-state index contributed by atoms with van der Waals surface area (Å²) in [4.78, 5) is 14.4. The zero-order chi connectivity index (χ0) is 16.8. The highest BCUT2D eigenvalue weighted by Gasteiger charge is 2.12. The number of anilines is 2. The summed E-state index contributed by atoms with van der Waals surface area (Å²) in [7, 11) is 0. The number of ether oxygens (including phenoxy) is 1. The van der Waals surface area contributed by atoms with Crippen LogP contribution in [0.25, 0.3) is 0 Å². The quantitative estimate of drug-likeness (QED) is 0.908. The molecular formula is C19H23N3O2. The third-order valence-corrected chi connectivity index (χ3v) is 4.13. The first-order valence-electron chi connectivity index (χ1n) is 8.24. The number of nitrogens with one attached hydrogen (secondary N) is 2. The lowest BCUT2D eigenvalue weighted by atomic mass is 10.1. The van der Waals surface area contributed by atoms with Crippen molar-refractivity contribution in [1.82, 2.24) is 5.32 Å². The molecule has 2 N–H and O–H groups in total. The van der Waals surface area contributed by atoms with Crippen LogP contribution in [0, 0.1) is 6.92 Å². The van der Waals surface area contributed by atoms with Crippen LogP contribution in [-0.2, 0) is 11.3 Å². The highest BCUT2D eigenvalue weighted by molar-refractivity contribution is 5.90. The van der Waals surface area contributed by atoms with Crippen LogP contribution < -0.4 is 15.5 Å². The average Bonchev–Trinajstić information content (AvgIpc) is 2.63. The van der Waals surface area contributed by atoms with Crippen molar-refractivity contribution >= 4 is 17.4 Å². The number of rotatable bonds is 4. The summed E-state index contributed by atoms with van der Waals surface area (Å²) >= 11 is 0. The molecule has 1 aliphatic rings. The number of hydrogen-bond acceptors (Lipinski definition) is 3. The van der Waals surface area contributed by atoms with E-state index in [2.05, 4.69) is 21.6 Å². The van der Waals surface area contributed by atoms with Crippen LogP contribution in [0.1, 0.15) is 11.1 Å². The zero-order valence-corrected chi connectivity index (χ0v) is 13.9. The Kier molecular flexibility index (Phi) is 5.33. The Morgan fingerprint density at radius 1 is 1.12 bits per heavy atom. The molecule has 0 saturated carbocycles. The predicted molar refractivity (Wildman–Crippen MR) is 96.5 cm³/mol. The van der Waals surface area contributed by atoms with Gasteiger partial charge in [-0.05, 0) is 36.2 Å². The topological polar surface area (TPSA) is 53.6 Å². The molecule has 126 valence electrons. The minimum Gasteiger partial charge on any atom is -0.378 e. The van der Waals surface area contributed by atoms with E-state index in [4.69, 9.17) is 4.74 Å². The maximum absolute atomic E-state index is 12.1. The molecule has 0 spiro atoms. The van der Waals surface area contributed by atoms with Gasteiger partial charge in [0.25, 0.3) is 0 Å². The second-order valence-corrected chi connectivity index (χ2v) is 5.89. The smallest absolute Gasteiger partial charge is 0.319 e. The predicted octanol–water partition coefficient (Wildman–Crippen LogP) is 3.15. The van der Waals surface area contributed by atoms with Crippen LogP contribution in [-0.4, -0.2) is 32.3 Å². The molecule has 0 bridgehead atoms. The van der Waals surface area contributed by atoms with Gasteiger partial charge in [0, 0.05) is 31.0 Å². The fourth-order valence-electron chi connectivity index (χ4n) is 2.75. The average molecular weight is 325 g/mol. The Balaban J connectivity index is 1.57. The fraction of sp³-hybridized carbons (Fsp3) is 0.316. The standard InChI is InChI=1S/C19H23N3O2/c1-15-13-17(22-9-11-24-12-10-22)7-8-18(15)21-19(23)20-14-16-5-3-2-4-6-16/h2-8,13H,9-12,14H2,1H3,(H2,20,21,23). The van der Waals surface area contributed by atoms with Crippen molar-refractivity contribution in [1.29, 1.82) is 0 Å². The van der Waals surface area contributed by atoms with E-state index >= 15 is 0 Å². The van der Waals surface area contributed by atoms with Crippen LogP contribution in [0.15, 0.2) is 48.5 Å². The fourth-order valence-corrected chi connectivity index (χ4v) is 2.75. The zero-order valence-electron chi connectivity index (χ0n) is 13.9. The molecule has 24 heavy (non-hydrogen) atoms. The third-order valence-electron chi connectivity index (χ3n) is 4.13. The van der Waals surface area contributed by atoms with E-state index in [-0.39, 0.29) is 6.03 Å². The number of morpholine rings is 1. The molecule has 0 radical (unpaired) electrons. The van der Waals surface area contributed by atoms with Gasteiger partial charge in [0.05, 0.1) is 13.2 Å². The van der Waals surface area contributed by atoms with Crippen molar-refractivity contribution in [3.05, 3.63) is 59.7 Å². The minimum atomic E-state index is -0.193. The molecule has 1 fully saturated rings. The summed E-state index contributed by atoms with van der Waals surface area (Å²) in [6.45, 7) is 5.86. The molecule has 2 aromatic carbocycles. The van der Waals surface area contributed by atoms with Gasteiger partial charge >= 0.3 is 6.03 Å². The Hall–Kier alpha value is -2.53. The number of benzene rings is 2. The number of nitrogens with zero attached hydrogens (tertiary/aromatic N) is 1. The van der Waals surface area contributed by atoms with Crippen molar-refractivity contribution in [2.24, 2.45) is 0 Å². The van der Waals surface area contributed by atoms with E-state index in [1.807, 2.05) is 49.4 Å². The molecule has 0 atom stereocenters. The lowest BCUT2D eigenvalue weighted by Crippen LogP contribution is -2.36. The molecule has 5 heteroatoms. The van der Waals surface area contributed by atoms with Gasteiger partial charge in [0.2, 0.25) is 0 Å². The second kappa shape index (κ2) is 7.84. The summed E-state index contributed by atoms with van der Waals surface area (Å²) in [5.41, 5.74) is 4.13. The second-order valence-electron chi connectivity index (χ2n) is 5.89. The maximum atomic E-state index is 12.1. The normalized spacial score (nSPS) is 14.3. The molecule has 2 amide bonds. The first-order chi connectivity index (χ1) is 11.7. The van der Waals surface area contributed by atoms with E-state index < -0.39 is 0 Å². The largest absolute Gasteiger partial charge is 0.378 e. The van der Waals surface area contributed by atoms with Crippen LogP contribution >= 0.6 is 0 Å². The Morgan fingerprint density at radius 2 is 1.88 bits per heavy atom. The van der Waals surface area contributed by atoms with Gasteiger partial charge in [-0.15, -0.1) is 0 Å². The van der Waals surface area contributed by atoms with Crippen molar-refractivity contribution in [2.45, 2.75) is 13.5 Å². The van der Waals surface area contributed by atoms with Crippen LogP contribution in [0.4, 0.5) is 16.2 Å². The molecule has 5 nitrogen and oxygen atoms in total. The van der Waals surface area contributed by atoms with Gasteiger partial charge in [0.15, 0.2) is 0 Å². The first kappa shape index (κ1) is 16.3. The summed E-state index contributed by atoms with van der Waals surface area (Å²) in [6, 6.07) is 15.8. The van der Waals surface area contributed by atoms with Gasteiger partial charge in [-0.25, -0.2) is 4.79 Å². The Bertz CT molecular complexity index is 682. The van der Waals surface area contributed by atoms with E-state index in [1.165, 1.54) is 5.69 Å². The van der Waals surface area contributed by atoms with Gasteiger partial charge in [-0.3, -0.25) is 0 Å². The van der Waals surface area contributed by atoms with E-state index in [0.717, 1.165) is 43.1 Å². The van der Waals surface area contributed by atoms with E-state index in [0.29, 0.717) is 6.54 Å². The number of amides is 2. The molecule has 1 heterocycles. The molecular weight excluding hydrogens is 302 g/mol. The molecule has 1 aliphatic heterocycles. The number of carbonyl (C=O) groups excluding carboxylic acids is 1. The van der Waals surface area contributed by atoms with Gasteiger partial charge < -0.3 is 20.3 Å². The monoisotopic (exact) mass is 325 g/mol. The molecule has 0 unspecified atom stereocenters. The summed E-state index contributed by atoms with van der Waals surface area (Å²) < 4.78 is 5.38. The van der Waals surface area contributed by atoms with Gasteiger partial charge in [0.1, 0.15) is 0 Å². The van der Waals surface area contributed by atoms with Crippen LogP contribution in [0.5, 0.6) is 0 Å². The first-order valence-corrected chi connectivity index (χ1v) is 8.24. The molecule has 2 aromatic rings. The van der Waals surface area contributed by atoms with Crippen molar-refractivity contribution < 1.29 is 9.53 Å². The third kappa shape index (κ3) is 4.26. The van der Waals surface area contributed by atoms with E-state index in [9.17, 15) is 4.79 Å². The Labute approximate surface area is 142 Å². The Morgan fingerprint density at radius 3 is 2.58 bits per heavy atom. The lowest BCUT2D eigenvalue weighted by Gasteiger charge is -2.29. The summed E-state index contributed by atoms with van der Waals surface area (Å²) in [5.74, 6) is 0. The van der Waals surface area contributed by atoms with Crippen LogP contribution in [0.2, 0.25) is 0 Å². The van der Waals surface area contributed by atoms with Crippen molar-refractivity contribution in [3.8, 4) is 0 Å². The maximum Gasteiger partial charge on any atom is 0.319 e.